The van der Waals surface area contributed by atoms with Gasteiger partial charge in [-0.15, -0.1) is 0 Å². The third-order valence-corrected chi connectivity index (χ3v) is 7.96. The Hall–Kier alpha value is -3.34. The fourth-order valence-corrected chi connectivity index (χ4v) is 6.16. The first kappa shape index (κ1) is 24.4. The molecular weight excluding hydrogens is 454 g/mol. The van der Waals surface area contributed by atoms with Crippen molar-refractivity contribution in [2.75, 3.05) is 20.2 Å². The maximum absolute atomic E-state index is 12.9. The highest BCUT2D eigenvalue weighted by atomic mass is 16.5. The van der Waals surface area contributed by atoms with Crippen LogP contribution < -0.4 is 0 Å². The molecule has 0 amide bonds. The number of nitriles is 1. The van der Waals surface area contributed by atoms with Gasteiger partial charge in [-0.25, -0.2) is 0 Å². The number of hydrogen-bond donors (Lipinski definition) is 2. The third kappa shape index (κ3) is 4.84. The van der Waals surface area contributed by atoms with Gasteiger partial charge in [-0.2, -0.15) is 5.26 Å². The van der Waals surface area contributed by atoms with Gasteiger partial charge in [-0.1, -0.05) is 48.5 Å². The zero-order valence-electron chi connectivity index (χ0n) is 20.6. The number of carbonyl (C=O) groups is 1. The fraction of sp³-hybridized carbons (Fsp3) is 0.448. The normalized spacial score (nSPS) is 26.5. The summed E-state index contributed by atoms with van der Waals surface area (Å²) in [5.41, 5.74) is 4.25. The SMILES string of the molecule is COC(=O)[C@@H]1[C@H]2CC(OCc3ccccc3)c3[nH]c4ccccc4c3CCN(C#N)C[C@@H]2CC[C@@H]1O. The molecule has 2 heterocycles. The van der Waals surface area contributed by atoms with E-state index in [2.05, 4.69) is 23.3 Å². The Morgan fingerprint density at radius 3 is 2.72 bits per heavy atom. The van der Waals surface area contributed by atoms with E-state index in [9.17, 15) is 15.2 Å². The molecule has 1 saturated carbocycles. The smallest absolute Gasteiger partial charge is 0.311 e. The average Bonchev–Trinajstić information content (AvgIpc) is 3.28. The van der Waals surface area contributed by atoms with Crippen molar-refractivity contribution in [3.05, 3.63) is 71.4 Å². The second-order valence-electron chi connectivity index (χ2n) is 10.00. The number of aliphatic hydroxyl groups excluding tert-OH is 1. The Bertz CT molecular complexity index is 1230. The molecule has 7 nitrogen and oxygen atoms in total. The van der Waals surface area contributed by atoms with Crippen LogP contribution in [0.4, 0.5) is 0 Å². The Kier molecular flexibility index (Phi) is 7.26. The van der Waals surface area contributed by atoms with Gasteiger partial charge in [0.1, 0.15) is 0 Å². The topological polar surface area (TPSA) is 98.6 Å². The molecule has 2 aliphatic rings. The number of esters is 1. The fourth-order valence-electron chi connectivity index (χ4n) is 6.16. The summed E-state index contributed by atoms with van der Waals surface area (Å²) in [6.45, 7) is 1.59. The van der Waals surface area contributed by atoms with Crippen molar-refractivity contribution < 1.29 is 19.4 Å². The van der Waals surface area contributed by atoms with Gasteiger partial charge in [0.15, 0.2) is 6.19 Å². The summed E-state index contributed by atoms with van der Waals surface area (Å²) in [5, 5.41) is 21.9. The van der Waals surface area contributed by atoms with E-state index in [0.29, 0.717) is 32.5 Å². The molecule has 0 radical (unpaired) electrons. The molecule has 1 fully saturated rings. The highest BCUT2D eigenvalue weighted by Crippen LogP contribution is 2.44. The average molecular weight is 488 g/mol. The summed E-state index contributed by atoms with van der Waals surface area (Å²) in [4.78, 5) is 18.3. The summed E-state index contributed by atoms with van der Waals surface area (Å²) in [6, 6.07) is 18.3. The first-order valence-electron chi connectivity index (χ1n) is 12.7. The van der Waals surface area contributed by atoms with Crippen molar-refractivity contribution >= 4 is 16.9 Å². The Morgan fingerprint density at radius 2 is 1.94 bits per heavy atom. The molecule has 7 heteroatoms. The number of hydrogen-bond acceptors (Lipinski definition) is 6. The number of nitrogens with zero attached hydrogens (tertiary/aromatic N) is 2. The minimum absolute atomic E-state index is 0.0749. The summed E-state index contributed by atoms with van der Waals surface area (Å²) in [5.74, 6) is -1.15. The number of aromatic amines is 1. The van der Waals surface area contributed by atoms with Gasteiger partial charge in [-0.05, 0) is 54.7 Å². The molecule has 188 valence electrons. The monoisotopic (exact) mass is 487 g/mol. The minimum atomic E-state index is -0.769. The van der Waals surface area contributed by atoms with Crippen molar-refractivity contribution in [2.45, 2.75) is 44.5 Å². The Morgan fingerprint density at radius 1 is 1.17 bits per heavy atom. The number of H-pyrrole nitrogens is 1. The highest BCUT2D eigenvalue weighted by Gasteiger charge is 2.45. The zero-order valence-corrected chi connectivity index (χ0v) is 20.6. The predicted octanol–water partition coefficient (Wildman–Crippen LogP) is 4.33. The van der Waals surface area contributed by atoms with E-state index in [1.54, 1.807) is 4.90 Å². The van der Waals surface area contributed by atoms with Crippen molar-refractivity contribution in [3.63, 3.8) is 0 Å². The summed E-state index contributed by atoms with van der Waals surface area (Å²) < 4.78 is 11.8. The minimum Gasteiger partial charge on any atom is -0.469 e. The van der Waals surface area contributed by atoms with Crippen LogP contribution in [-0.4, -0.2) is 47.3 Å². The summed E-state index contributed by atoms with van der Waals surface area (Å²) in [7, 11) is 1.37. The molecule has 1 unspecified atom stereocenters. The molecule has 0 saturated heterocycles. The lowest BCUT2D eigenvalue weighted by Gasteiger charge is -2.42. The number of aliphatic hydroxyl groups is 1. The number of para-hydroxylation sites is 1. The van der Waals surface area contributed by atoms with Crippen LogP contribution in [0.15, 0.2) is 54.6 Å². The number of rotatable bonds is 4. The molecule has 2 aromatic carbocycles. The van der Waals surface area contributed by atoms with Gasteiger partial charge in [0.05, 0.1) is 31.8 Å². The van der Waals surface area contributed by atoms with E-state index in [0.717, 1.165) is 40.6 Å². The molecular formula is C29H33N3O4. The van der Waals surface area contributed by atoms with Crippen LogP contribution in [0.3, 0.4) is 0 Å². The molecule has 1 aromatic heterocycles. The highest BCUT2D eigenvalue weighted by molar-refractivity contribution is 5.85. The van der Waals surface area contributed by atoms with Crippen LogP contribution in [0.1, 0.15) is 42.2 Å². The van der Waals surface area contributed by atoms with E-state index in [4.69, 9.17) is 9.47 Å². The van der Waals surface area contributed by atoms with Gasteiger partial charge >= 0.3 is 5.97 Å². The zero-order chi connectivity index (χ0) is 25.1. The first-order chi connectivity index (χ1) is 17.6. The van der Waals surface area contributed by atoms with Crippen molar-refractivity contribution in [1.29, 1.82) is 5.26 Å². The third-order valence-electron chi connectivity index (χ3n) is 7.96. The summed E-state index contributed by atoms with van der Waals surface area (Å²) >= 11 is 0. The molecule has 5 rings (SSSR count). The molecule has 3 aromatic rings. The van der Waals surface area contributed by atoms with Crippen molar-refractivity contribution in [2.24, 2.45) is 17.8 Å². The maximum Gasteiger partial charge on any atom is 0.311 e. The summed E-state index contributed by atoms with van der Waals surface area (Å²) in [6.07, 6.45) is 3.84. The molecule has 0 spiro atoms. The molecule has 2 N–H and O–H groups in total. The van der Waals surface area contributed by atoms with Gasteiger partial charge < -0.3 is 24.5 Å². The lowest BCUT2D eigenvalue weighted by Crippen LogP contribution is -2.47. The number of fused-ring (bicyclic) bond motifs is 4. The molecule has 36 heavy (non-hydrogen) atoms. The van der Waals surface area contributed by atoms with E-state index in [-0.39, 0.29) is 17.9 Å². The van der Waals surface area contributed by atoms with E-state index >= 15 is 0 Å². The van der Waals surface area contributed by atoms with Crippen LogP contribution in [0.25, 0.3) is 10.9 Å². The van der Waals surface area contributed by atoms with Gasteiger partial charge in [0.25, 0.3) is 0 Å². The number of ether oxygens (including phenoxy) is 2. The van der Waals surface area contributed by atoms with E-state index < -0.39 is 18.0 Å². The van der Waals surface area contributed by atoms with Gasteiger partial charge in [-0.3, -0.25) is 4.79 Å². The first-order valence-corrected chi connectivity index (χ1v) is 12.7. The Labute approximate surface area is 211 Å². The standard InChI is InChI=1S/C29H33N3O4/c1-35-29(34)27-23-15-26(36-17-19-7-3-2-4-8-19)28-22(21-9-5-6-10-24(21)31-28)13-14-32(18-30)16-20(23)11-12-25(27)33/h2-10,20,23,25-27,31,33H,11-17H2,1H3/t20-,23-,25-,26?,27+/m0/s1. The lowest BCUT2D eigenvalue weighted by molar-refractivity contribution is -0.158. The second-order valence-corrected chi connectivity index (χ2v) is 10.00. The van der Waals surface area contributed by atoms with Gasteiger partial charge in [0, 0.05) is 29.7 Å². The number of methoxy groups -OCH3 is 1. The molecule has 0 bridgehead atoms. The van der Waals surface area contributed by atoms with E-state index in [1.165, 1.54) is 7.11 Å². The van der Waals surface area contributed by atoms with Gasteiger partial charge in [0.2, 0.25) is 0 Å². The van der Waals surface area contributed by atoms with Crippen molar-refractivity contribution in [1.82, 2.24) is 9.88 Å². The van der Waals surface area contributed by atoms with E-state index in [1.807, 2.05) is 42.5 Å². The quantitative estimate of drug-likeness (QED) is 0.420. The molecule has 1 aliphatic heterocycles. The maximum atomic E-state index is 12.9. The largest absolute Gasteiger partial charge is 0.469 e. The van der Waals surface area contributed by atoms with Crippen LogP contribution in [0.5, 0.6) is 0 Å². The lowest BCUT2D eigenvalue weighted by atomic mass is 9.67. The Balaban J connectivity index is 1.59. The second kappa shape index (κ2) is 10.7. The molecule has 1 aliphatic carbocycles. The number of benzene rings is 2. The van der Waals surface area contributed by atoms with Crippen LogP contribution in [-0.2, 0) is 27.3 Å². The van der Waals surface area contributed by atoms with Crippen LogP contribution in [0.2, 0.25) is 0 Å². The number of carbonyl (C=O) groups excluding carboxylic acids is 1. The van der Waals surface area contributed by atoms with Crippen molar-refractivity contribution in [3.8, 4) is 6.19 Å². The van der Waals surface area contributed by atoms with Crippen LogP contribution >= 0.6 is 0 Å². The molecule has 5 atom stereocenters. The predicted molar refractivity (Wildman–Crippen MR) is 136 cm³/mol. The van der Waals surface area contributed by atoms with Crippen LogP contribution in [0, 0.1) is 29.2 Å². The number of aromatic nitrogens is 1. The number of nitrogens with one attached hydrogen (secondary N) is 1.